The molecule has 0 aliphatic carbocycles. The summed E-state index contributed by atoms with van der Waals surface area (Å²) in [6.07, 6.45) is 13.3. The minimum absolute atomic E-state index is 0.00446. The molecule has 2 aromatic carbocycles. The molecule has 4 aromatic rings. The predicted molar refractivity (Wildman–Crippen MR) is 228 cm³/mol. The third-order valence-electron chi connectivity index (χ3n) is 11.2. The largest absolute Gasteiger partial charge is 0.379 e. The van der Waals surface area contributed by atoms with E-state index >= 15 is 0 Å². The van der Waals surface area contributed by atoms with Gasteiger partial charge in [-0.05, 0) is 123 Å². The van der Waals surface area contributed by atoms with Crippen LogP contribution in [-0.4, -0.2) is 58.7 Å². The van der Waals surface area contributed by atoms with Gasteiger partial charge in [-0.15, -0.1) is 6.58 Å². The fourth-order valence-corrected chi connectivity index (χ4v) is 8.53. The summed E-state index contributed by atoms with van der Waals surface area (Å²) in [6.45, 7) is 29.9. The number of hydrogen-bond donors (Lipinski definition) is 2. The quantitative estimate of drug-likeness (QED) is 0.101. The fraction of sp³-hybridized carbons (Fsp3) is 0.468. The van der Waals surface area contributed by atoms with Gasteiger partial charge in [-0.25, -0.2) is 5.43 Å². The summed E-state index contributed by atoms with van der Waals surface area (Å²) in [7, 11) is 4.28. The molecule has 0 amide bonds. The van der Waals surface area contributed by atoms with Crippen molar-refractivity contribution in [3.05, 3.63) is 115 Å². The number of allylic oxidation sites excluding steroid dienone is 1. The van der Waals surface area contributed by atoms with Gasteiger partial charge in [0.25, 0.3) is 0 Å². The normalized spacial score (nSPS) is 14.9. The Morgan fingerprint density at radius 1 is 1.06 bits per heavy atom. The lowest BCUT2D eigenvalue weighted by Gasteiger charge is -2.38. The molecule has 6 nitrogen and oxygen atoms in total. The van der Waals surface area contributed by atoms with E-state index in [1.807, 2.05) is 6.20 Å². The van der Waals surface area contributed by atoms with Crippen LogP contribution in [0.15, 0.2) is 98.1 Å². The van der Waals surface area contributed by atoms with Crippen LogP contribution in [-0.2, 0) is 25.8 Å². The molecule has 0 radical (unpaired) electrons. The van der Waals surface area contributed by atoms with E-state index in [-0.39, 0.29) is 17.5 Å². The highest BCUT2D eigenvalue weighted by Crippen LogP contribution is 2.42. The van der Waals surface area contributed by atoms with E-state index in [0.717, 1.165) is 63.1 Å². The number of hydrazine groups is 1. The first-order valence-electron chi connectivity index (χ1n) is 20.0. The van der Waals surface area contributed by atoms with Crippen LogP contribution in [0.2, 0.25) is 0 Å². The average molecular weight is 715 g/mol. The molecule has 3 heterocycles. The highest BCUT2D eigenvalue weighted by atomic mass is 15.5. The van der Waals surface area contributed by atoms with Crippen LogP contribution in [0.3, 0.4) is 0 Å². The minimum Gasteiger partial charge on any atom is -0.379 e. The van der Waals surface area contributed by atoms with Gasteiger partial charge in [0.1, 0.15) is 0 Å². The second-order valence-electron chi connectivity index (χ2n) is 16.4. The summed E-state index contributed by atoms with van der Waals surface area (Å²) >= 11 is 0. The van der Waals surface area contributed by atoms with E-state index in [1.165, 1.54) is 62.8 Å². The van der Waals surface area contributed by atoms with Gasteiger partial charge in [-0.2, -0.15) is 0 Å². The van der Waals surface area contributed by atoms with E-state index in [1.54, 1.807) is 0 Å². The average Bonchev–Trinajstić information content (AvgIpc) is 3.44. The molecular formula is C47H66N6. The Kier molecular flexibility index (Phi) is 13.5. The van der Waals surface area contributed by atoms with Gasteiger partial charge < -0.3 is 19.8 Å². The van der Waals surface area contributed by atoms with Crippen molar-refractivity contribution in [3.63, 3.8) is 0 Å². The summed E-state index contributed by atoms with van der Waals surface area (Å²) < 4.78 is 2.52. The molecule has 1 aliphatic rings. The van der Waals surface area contributed by atoms with Crippen LogP contribution >= 0.6 is 0 Å². The Morgan fingerprint density at radius 2 is 1.83 bits per heavy atom. The first-order chi connectivity index (χ1) is 25.4. The van der Waals surface area contributed by atoms with Crippen molar-refractivity contribution < 1.29 is 0 Å². The molecule has 0 bridgehead atoms. The number of rotatable bonds is 18. The van der Waals surface area contributed by atoms with Crippen LogP contribution in [0.4, 0.5) is 0 Å². The van der Waals surface area contributed by atoms with Gasteiger partial charge >= 0.3 is 0 Å². The van der Waals surface area contributed by atoms with Crippen LogP contribution in [0.1, 0.15) is 83.9 Å². The van der Waals surface area contributed by atoms with E-state index in [4.69, 9.17) is 0 Å². The van der Waals surface area contributed by atoms with Gasteiger partial charge in [0.05, 0.1) is 17.8 Å². The van der Waals surface area contributed by atoms with Crippen LogP contribution in [0.25, 0.3) is 33.3 Å². The number of pyridine rings is 1. The maximum absolute atomic E-state index is 4.64. The molecule has 2 atom stereocenters. The van der Waals surface area contributed by atoms with Crippen LogP contribution < -0.4 is 10.7 Å². The second-order valence-corrected chi connectivity index (χ2v) is 16.4. The molecule has 1 saturated heterocycles. The summed E-state index contributed by atoms with van der Waals surface area (Å²) in [5.41, 5.74) is 16.2. The first-order valence-corrected chi connectivity index (χ1v) is 20.0. The lowest BCUT2D eigenvalue weighted by atomic mass is 9.80. The van der Waals surface area contributed by atoms with Crippen molar-refractivity contribution in [3.8, 4) is 22.4 Å². The van der Waals surface area contributed by atoms with Crippen molar-refractivity contribution in [2.24, 2.45) is 11.3 Å². The Hall–Kier alpha value is -4.13. The smallest absolute Gasteiger partial charge is 0.0707 e. The van der Waals surface area contributed by atoms with Crippen molar-refractivity contribution in [2.45, 2.75) is 105 Å². The van der Waals surface area contributed by atoms with E-state index in [2.05, 4.69) is 166 Å². The fourth-order valence-electron chi connectivity index (χ4n) is 8.53. The number of likely N-dealkylation sites (N-methyl/N-ethyl adjacent to an activating group) is 1. The summed E-state index contributed by atoms with van der Waals surface area (Å²) in [4.78, 5) is 6.90. The zero-order chi connectivity index (χ0) is 38.3. The van der Waals surface area contributed by atoms with Gasteiger partial charge in [0.2, 0.25) is 0 Å². The van der Waals surface area contributed by atoms with E-state index in [0.29, 0.717) is 5.92 Å². The second kappa shape index (κ2) is 17.8. The molecule has 6 heteroatoms. The number of nitrogens with one attached hydrogen (secondary N) is 2. The first kappa shape index (κ1) is 40.1. The number of benzene rings is 2. The summed E-state index contributed by atoms with van der Waals surface area (Å²) in [5, 5.41) is 7.46. The third-order valence-corrected chi connectivity index (χ3v) is 11.2. The van der Waals surface area contributed by atoms with Crippen molar-refractivity contribution in [2.75, 3.05) is 27.2 Å². The van der Waals surface area contributed by atoms with Gasteiger partial charge in [-0.1, -0.05) is 84.2 Å². The lowest BCUT2D eigenvalue weighted by molar-refractivity contribution is 0.185. The van der Waals surface area contributed by atoms with Gasteiger partial charge in [0, 0.05) is 59.9 Å². The molecule has 2 aromatic heterocycles. The Labute approximate surface area is 321 Å². The van der Waals surface area contributed by atoms with Crippen molar-refractivity contribution in [1.29, 1.82) is 0 Å². The lowest BCUT2D eigenvalue weighted by Crippen LogP contribution is -2.50. The molecular weight excluding hydrogens is 649 g/mol. The number of hydrogen-bond acceptors (Lipinski definition) is 5. The van der Waals surface area contributed by atoms with E-state index < -0.39 is 0 Å². The highest BCUT2D eigenvalue weighted by molar-refractivity contribution is 5.95. The standard InChI is InChI=1S/C47H66N6/c1-12-15-24-47(8,9)31-41-40-30-39(21-22-44(40)52(14-3)46(41)42-32-48-26-23-37(42)13-2)38-20-18-19-36(28-38)29-43(35(7)53-27-17-16-25-49-53)50-34(6)45(33(4)5)51(10)11/h12,18-23,26,28,30,32-33,43,45,49-50H,1,6-7,13-17,24-25,27,29,31H2,2-5,8-11H3. The maximum atomic E-state index is 4.64. The van der Waals surface area contributed by atoms with Crippen molar-refractivity contribution in [1.82, 2.24) is 30.2 Å². The Morgan fingerprint density at radius 3 is 2.49 bits per heavy atom. The highest BCUT2D eigenvalue weighted by Gasteiger charge is 2.28. The number of aromatic nitrogens is 2. The zero-order valence-electron chi connectivity index (χ0n) is 34.1. The monoisotopic (exact) mass is 715 g/mol. The Bertz CT molecular complexity index is 1860. The molecule has 0 saturated carbocycles. The SMILES string of the molecule is C=CCCC(C)(C)Cc1c(-c2cnccc2CC)n(CC)c2ccc(-c3cccc(CC(NC(=C)C(C(C)C)N(C)C)C(=C)N4CCCCN4)c3)cc12. The molecule has 0 spiro atoms. The molecule has 2 unspecified atom stereocenters. The Balaban J connectivity index is 1.57. The van der Waals surface area contributed by atoms with E-state index in [9.17, 15) is 0 Å². The molecule has 1 aliphatic heterocycles. The molecule has 2 N–H and O–H groups in total. The molecule has 5 rings (SSSR count). The number of fused-ring (bicyclic) bond motifs is 1. The molecule has 53 heavy (non-hydrogen) atoms. The third kappa shape index (κ3) is 9.34. The number of nitrogens with zero attached hydrogens (tertiary/aromatic N) is 4. The van der Waals surface area contributed by atoms with Crippen molar-refractivity contribution >= 4 is 10.9 Å². The van der Waals surface area contributed by atoms with Crippen LogP contribution in [0.5, 0.6) is 0 Å². The molecule has 284 valence electrons. The maximum Gasteiger partial charge on any atom is 0.0707 e. The number of aryl methyl sites for hydroxylation is 2. The van der Waals surface area contributed by atoms with Crippen LogP contribution in [0, 0.1) is 11.3 Å². The minimum atomic E-state index is 0.00446. The summed E-state index contributed by atoms with van der Waals surface area (Å²) in [5.74, 6) is 0.428. The van der Waals surface area contributed by atoms with Gasteiger partial charge in [-0.3, -0.25) is 4.98 Å². The van der Waals surface area contributed by atoms with Gasteiger partial charge in [0.15, 0.2) is 0 Å². The molecule has 1 fully saturated rings. The zero-order valence-corrected chi connectivity index (χ0v) is 34.1. The topological polar surface area (TPSA) is 48.4 Å². The summed E-state index contributed by atoms with van der Waals surface area (Å²) in [6, 6.07) is 18.6. The predicted octanol–water partition coefficient (Wildman–Crippen LogP) is 10.2.